The highest BCUT2D eigenvalue weighted by molar-refractivity contribution is 7.89. The first kappa shape index (κ1) is 19.6. The van der Waals surface area contributed by atoms with Crippen LogP contribution in [-0.2, 0) is 14.8 Å². The molecule has 7 nitrogen and oxygen atoms in total. The Labute approximate surface area is 154 Å². The summed E-state index contributed by atoms with van der Waals surface area (Å²) in [7, 11) is -3.71. The third-order valence-corrected chi connectivity index (χ3v) is 5.86. The van der Waals surface area contributed by atoms with Gasteiger partial charge in [-0.15, -0.1) is 0 Å². The third-order valence-electron chi connectivity index (χ3n) is 4.22. The van der Waals surface area contributed by atoms with Crippen LogP contribution in [0.5, 0.6) is 0 Å². The van der Waals surface area contributed by atoms with Gasteiger partial charge in [-0.2, -0.15) is 0 Å². The van der Waals surface area contributed by atoms with Crippen LogP contribution >= 0.6 is 12.2 Å². The van der Waals surface area contributed by atoms with Gasteiger partial charge in [0.05, 0.1) is 11.4 Å². The van der Waals surface area contributed by atoms with E-state index in [1.54, 1.807) is 18.2 Å². The van der Waals surface area contributed by atoms with Crippen molar-refractivity contribution in [2.75, 3.05) is 6.54 Å². The predicted molar refractivity (Wildman–Crippen MR) is 100 cm³/mol. The number of hydrogen-bond donors (Lipinski definition) is 4. The second-order valence-corrected chi connectivity index (χ2v) is 8.33. The second-order valence-electron chi connectivity index (χ2n) is 6.15. The van der Waals surface area contributed by atoms with Crippen LogP contribution in [0.25, 0.3) is 0 Å². The van der Waals surface area contributed by atoms with Crippen LogP contribution in [0.4, 0.5) is 0 Å². The zero-order valence-corrected chi connectivity index (χ0v) is 15.8. The maximum atomic E-state index is 12.0. The van der Waals surface area contributed by atoms with Crippen molar-refractivity contribution >= 4 is 33.3 Å². The molecule has 0 aromatic heterocycles. The van der Waals surface area contributed by atoms with Crippen LogP contribution < -0.4 is 20.9 Å². The van der Waals surface area contributed by atoms with Crippen molar-refractivity contribution in [2.45, 2.75) is 43.5 Å². The standard InChI is InChI=1S/C16H24N4O3S2/c1-12-7-5-6-10-14(12)18-16(24)20-19-15(21)11-17-25(22,23)13-8-3-2-4-9-13/h2-4,8-9,12,14,17H,5-7,10-11H2,1H3,(H,19,21)(H2,18,20,24)/t12-,14-/m1/s1. The van der Waals surface area contributed by atoms with Crippen LogP contribution in [0.3, 0.4) is 0 Å². The molecular formula is C16H24N4O3S2. The number of sulfonamides is 1. The lowest BCUT2D eigenvalue weighted by atomic mass is 9.86. The van der Waals surface area contributed by atoms with Crippen molar-refractivity contribution in [3.05, 3.63) is 30.3 Å². The third kappa shape index (κ3) is 6.26. The Morgan fingerprint density at radius 3 is 2.52 bits per heavy atom. The summed E-state index contributed by atoms with van der Waals surface area (Å²) in [5.74, 6) is 0.00207. The van der Waals surface area contributed by atoms with E-state index >= 15 is 0 Å². The number of carbonyl (C=O) groups excluding carboxylic acids is 1. The Hall–Kier alpha value is -1.71. The van der Waals surface area contributed by atoms with Gasteiger partial charge in [-0.25, -0.2) is 13.1 Å². The summed E-state index contributed by atoms with van der Waals surface area (Å²) in [6.45, 7) is 1.79. The molecule has 0 bridgehead atoms. The van der Waals surface area contributed by atoms with Crippen molar-refractivity contribution in [3.63, 3.8) is 0 Å². The van der Waals surface area contributed by atoms with Crippen LogP contribution in [0.1, 0.15) is 32.6 Å². The molecule has 1 amide bonds. The summed E-state index contributed by atoms with van der Waals surface area (Å²) >= 11 is 5.16. The SMILES string of the molecule is C[C@@H]1CCCC[C@H]1NC(=S)NNC(=O)CNS(=O)(=O)c1ccccc1. The highest BCUT2D eigenvalue weighted by Gasteiger charge is 2.21. The highest BCUT2D eigenvalue weighted by Crippen LogP contribution is 2.23. The number of hydrogen-bond acceptors (Lipinski definition) is 4. The summed E-state index contributed by atoms with van der Waals surface area (Å²) in [4.78, 5) is 11.9. The van der Waals surface area contributed by atoms with Gasteiger partial charge in [0.1, 0.15) is 0 Å². The molecule has 2 rings (SSSR count). The van der Waals surface area contributed by atoms with Gasteiger partial charge in [-0.05, 0) is 43.1 Å². The normalized spacial score (nSPS) is 20.5. The van der Waals surface area contributed by atoms with Crippen molar-refractivity contribution in [1.29, 1.82) is 0 Å². The maximum absolute atomic E-state index is 12.0. The fraction of sp³-hybridized carbons (Fsp3) is 0.500. The topological polar surface area (TPSA) is 99.3 Å². The quantitative estimate of drug-likeness (QED) is 0.447. The molecule has 1 saturated carbocycles. The Morgan fingerprint density at radius 1 is 1.16 bits per heavy atom. The summed E-state index contributed by atoms with van der Waals surface area (Å²) in [5.41, 5.74) is 5.00. The van der Waals surface area contributed by atoms with E-state index in [9.17, 15) is 13.2 Å². The van der Waals surface area contributed by atoms with Gasteiger partial charge < -0.3 is 5.32 Å². The van der Waals surface area contributed by atoms with Gasteiger partial charge in [0.2, 0.25) is 10.0 Å². The molecule has 0 spiro atoms. The molecule has 1 aromatic rings. The molecule has 25 heavy (non-hydrogen) atoms. The smallest absolute Gasteiger partial charge is 0.253 e. The van der Waals surface area contributed by atoms with Crippen molar-refractivity contribution in [3.8, 4) is 0 Å². The van der Waals surface area contributed by atoms with Crippen molar-refractivity contribution in [1.82, 2.24) is 20.9 Å². The van der Waals surface area contributed by atoms with Gasteiger partial charge in [-0.3, -0.25) is 15.6 Å². The number of carbonyl (C=O) groups is 1. The van der Waals surface area contributed by atoms with Crippen molar-refractivity contribution < 1.29 is 13.2 Å². The maximum Gasteiger partial charge on any atom is 0.253 e. The number of rotatable bonds is 5. The first-order chi connectivity index (χ1) is 11.9. The Balaban J connectivity index is 1.72. The lowest BCUT2D eigenvalue weighted by Gasteiger charge is -2.30. The average molecular weight is 385 g/mol. The zero-order chi connectivity index (χ0) is 18.3. The number of amides is 1. The monoisotopic (exact) mass is 384 g/mol. The van der Waals surface area contributed by atoms with Crippen LogP contribution in [0, 0.1) is 5.92 Å². The van der Waals surface area contributed by atoms with Crippen LogP contribution in [-0.4, -0.2) is 32.0 Å². The average Bonchev–Trinajstić information content (AvgIpc) is 2.61. The highest BCUT2D eigenvalue weighted by atomic mass is 32.2. The Kier molecular flexibility index (Phi) is 7.15. The van der Waals surface area contributed by atoms with E-state index in [1.165, 1.54) is 18.6 Å². The molecule has 0 aliphatic heterocycles. The molecule has 0 heterocycles. The lowest BCUT2D eigenvalue weighted by Crippen LogP contribution is -2.53. The molecule has 1 aliphatic carbocycles. The fourth-order valence-corrected chi connectivity index (χ4v) is 3.95. The fourth-order valence-electron chi connectivity index (χ4n) is 2.75. The minimum atomic E-state index is -3.71. The summed E-state index contributed by atoms with van der Waals surface area (Å²) in [5, 5.41) is 3.52. The van der Waals surface area contributed by atoms with Gasteiger partial charge in [0, 0.05) is 6.04 Å². The summed E-state index contributed by atoms with van der Waals surface area (Å²) < 4.78 is 26.3. The molecule has 1 aliphatic rings. The summed E-state index contributed by atoms with van der Waals surface area (Å²) in [6.07, 6.45) is 4.61. The minimum absolute atomic E-state index is 0.110. The van der Waals surface area contributed by atoms with Gasteiger partial charge in [-0.1, -0.05) is 38.0 Å². The van der Waals surface area contributed by atoms with Gasteiger partial charge >= 0.3 is 0 Å². The van der Waals surface area contributed by atoms with Crippen LogP contribution in [0.15, 0.2) is 35.2 Å². The molecule has 138 valence electrons. The Bertz CT molecular complexity index is 695. The second kappa shape index (κ2) is 9.12. The predicted octanol–water partition coefficient (Wildman–Crippen LogP) is 1.04. The lowest BCUT2D eigenvalue weighted by molar-refractivity contribution is -0.120. The van der Waals surface area contributed by atoms with Gasteiger partial charge in [0.25, 0.3) is 5.91 Å². The van der Waals surface area contributed by atoms with E-state index in [0.717, 1.165) is 19.3 Å². The van der Waals surface area contributed by atoms with E-state index in [-0.39, 0.29) is 11.4 Å². The number of hydrazine groups is 1. The summed E-state index contributed by atoms with van der Waals surface area (Å²) in [6, 6.07) is 8.17. The van der Waals surface area contributed by atoms with Crippen molar-refractivity contribution in [2.24, 2.45) is 5.92 Å². The molecule has 1 fully saturated rings. The zero-order valence-electron chi connectivity index (χ0n) is 14.1. The molecule has 4 N–H and O–H groups in total. The Morgan fingerprint density at radius 2 is 1.84 bits per heavy atom. The van der Waals surface area contributed by atoms with E-state index in [4.69, 9.17) is 12.2 Å². The van der Waals surface area contributed by atoms with Gasteiger partial charge in [0.15, 0.2) is 5.11 Å². The van der Waals surface area contributed by atoms with E-state index < -0.39 is 15.9 Å². The number of thiocarbonyl (C=S) groups is 1. The first-order valence-corrected chi connectivity index (χ1v) is 10.2. The first-order valence-electron chi connectivity index (χ1n) is 8.28. The molecular weight excluding hydrogens is 360 g/mol. The van der Waals surface area contributed by atoms with Crippen LogP contribution in [0.2, 0.25) is 0 Å². The molecule has 2 atom stereocenters. The van der Waals surface area contributed by atoms with E-state index in [2.05, 4.69) is 27.8 Å². The largest absolute Gasteiger partial charge is 0.358 e. The minimum Gasteiger partial charge on any atom is -0.358 e. The number of benzene rings is 1. The van der Waals surface area contributed by atoms with E-state index in [0.29, 0.717) is 17.1 Å². The van der Waals surface area contributed by atoms with E-state index in [1.807, 2.05) is 0 Å². The molecule has 9 heteroatoms. The molecule has 0 saturated heterocycles. The molecule has 0 unspecified atom stereocenters. The molecule has 1 aromatic carbocycles. The number of nitrogens with one attached hydrogen (secondary N) is 4. The molecule has 0 radical (unpaired) electrons.